The fourth-order valence-electron chi connectivity index (χ4n) is 0.236. The maximum Gasteiger partial charge on any atom is 0.184 e. The van der Waals surface area contributed by atoms with Crippen LogP contribution in [0, 0.1) is 0 Å². The van der Waals surface area contributed by atoms with Crippen molar-refractivity contribution in [3.05, 3.63) is 0 Å². The van der Waals surface area contributed by atoms with Crippen LogP contribution in [0.25, 0.3) is 0 Å². The summed E-state index contributed by atoms with van der Waals surface area (Å²) in [6, 6.07) is 0. The number of alkyl halides is 2. The molecule has 2 nitrogen and oxygen atoms in total. The predicted molar refractivity (Wildman–Crippen MR) is 41.5 cm³/mol. The summed E-state index contributed by atoms with van der Waals surface area (Å²) in [5.74, 6) is 0. The summed E-state index contributed by atoms with van der Waals surface area (Å²) in [7, 11) is 0. The molecule has 0 aliphatic heterocycles. The van der Waals surface area contributed by atoms with Gasteiger partial charge in [0.2, 0.25) is 0 Å². The molecule has 0 aliphatic carbocycles. The van der Waals surface area contributed by atoms with Gasteiger partial charge in [-0.15, -0.1) is 0 Å². The van der Waals surface area contributed by atoms with Crippen LogP contribution in [-0.2, 0) is 21.1 Å². The molecule has 0 rings (SSSR count). The van der Waals surface area contributed by atoms with Gasteiger partial charge in [0.05, 0.1) is 5.54 Å². The van der Waals surface area contributed by atoms with Crippen molar-refractivity contribution in [2.75, 3.05) is 0 Å². The normalized spacial score (nSPS) is 17.4. The smallest absolute Gasteiger partial charge is 0.184 e. The van der Waals surface area contributed by atoms with Crippen molar-refractivity contribution in [2.24, 2.45) is 11.5 Å². The van der Waals surface area contributed by atoms with Crippen LogP contribution in [0.15, 0.2) is 0 Å². The standard InChI is InChI=1S/C5H12Cl2N2.Pt/c1-3-4(2,8)5(6,7)9;/h3,8-9H2,1-2H3;. The van der Waals surface area contributed by atoms with E-state index in [2.05, 4.69) is 0 Å². The minimum atomic E-state index is -1.33. The molecular weight excluding hydrogens is 354 g/mol. The second-order valence-corrected chi connectivity index (χ2v) is 3.78. The van der Waals surface area contributed by atoms with Gasteiger partial charge in [-0.3, -0.25) is 5.73 Å². The fourth-order valence-corrected chi connectivity index (χ4v) is 0.503. The zero-order valence-electron chi connectivity index (χ0n) is 5.93. The fraction of sp³-hybridized carbons (Fsp3) is 1.00. The van der Waals surface area contributed by atoms with E-state index in [9.17, 15) is 0 Å². The average Bonchev–Trinajstić information content (AvgIpc) is 1.64. The molecule has 0 fully saturated rings. The summed E-state index contributed by atoms with van der Waals surface area (Å²) < 4.78 is -1.33. The van der Waals surface area contributed by atoms with E-state index < -0.39 is 10.00 Å². The molecule has 1 atom stereocenters. The molecule has 1 unspecified atom stereocenters. The van der Waals surface area contributed by atoms with Gasteiger partial charge in [-0.25, -0.2) is 0 Å². The third-order valence-corrected chi connectivity index (χ3v) is 2.36. The Morgan fingerprint density at radius 1 is 1.30 bits per heavy atom. The maximum absolute atomic E-state index is 5.60. The number of halogens is 2. The Hall–Kier alpha value is 1.19. The Labute approximate surface area is 85.9 Å². The Bertz CT molecular complexity index is 100. The SMILES string of the molecule is CCC(C)(N)C(N)(Cl)Cl.[Pt]. The van der Waals surface area contributed by atoms with Crippen LogP contribution in [0.3, 0.4) is 0 Å². The molecule has 0 spiro atoms. The van der Waals surface area contributed by atoms with Gasteiger partial charge in [-0.1, -0.05) is 30.1 Å². The second kappa shape index (κ2) is 4.27. The summed E-state index contributed by atoms with van der Waals surface area (Å²) in [5.41, 5.74) is 10.2. The summed E-state index contributed by atoms with van der Waals surface area (Å²) >= 11 is 11.1. The van der Waals surface area contributed by atoms with Gasteiger partial charge >= 0.3 is 0 Å². The molecule has 0 aromatic heterocycles. The van der Waals surface area contributed by atoms with Gasteiger partial charge in [0.1, 0.15) is 0 Å². The van der Waals surface area contributed by atoms with E-state index >= 15 is 0 Å². The molecule has 0 amide bonds. The van der Waals surface area contributed by atoms with Crippen molar-refractivity contribution in [1.82, 2.24) is 0 Å². The molecular formula is C5H12Cl2N2Pt. The van der Waals surface area contributed by atoms with E-state index in [4.69, 9.17) is 34.7 Å². The van der Waals surface area contributed by atoms with Crippen molar-refractivity contribution in [3.8, 4) is 0 Å². The van der Waals surface area contributed by atoms with E-state index in [-0.39, 0.29) is 21.1 Å². The van der Waals surface area contributed by atoms with Gasteiger partial charge in [0.25, 0.3) is 0 Å². The first-order chi connectivity index (χ1) is 3.81. The van der Waals surface area contributed by atoms with E-state index in [1.54, 1.807) is 6.92 Å². The first-order valence-corrected chi connectivity index (χ1v) is 3.52. The topological polar surface area (TPSA) is 52.0 Å². The Morgan fingerprint density at radius 3 is 1.60 bits per heavy atom. The maximum atomic E-state index is 5.60. The predicted octanol–water partition coefficient (Wildman–Crippen LogP) is 1.20. The van der Waals surface area contributed by atoms with Crippen LogP contribution < -0.4 is 11.5 Å². The van der Waals surface area contributed by atoms with Crippen LogP contribution >= 0.6 is 23.2 Å². The van der Waals surface area contributed by atoms with Crippen LogP contribution in [0.1, 0.15) is 20.3 Å². The van der Waals surface area contributed by atoms with Crippen molar-refractivity contribution < 1.29 is 21.1 Å². The van der Waals surface area contributed by atoms with E-state index in [0.29, 0.717) is 6.42 Å². The Kier molecular flexibility index (Phi) is 5.88. The van der Waals surface area contributed by atoms with E-state index in [0.717, 1.165) is 0 Å². The third kappa shape index (κ3) is 3.54. The summed E-state index contributed by atoms with van der Waals surface area (Å²) in [6.45, 7) is 3.60. The van der Waals surface area contributed by atoms with Crippen molar-refractivity contribution in [3.63, 3.8) is 0 Å². The third-order valence-electron chi connectivity index (χ3n) is 1.50. The van der Waals surface area contributed by atoms with Crippen LogP contribution in [0.5, 0.6) is 0 Å². The molecule has 0 heterocycles. The quantitative estimate of drug-likeness (QED) is 0.570. The molecule has 0 saturated heterocycles. The van der Waals surface area contributed by atoms with Gasteiger partial charge < -0.3 is 5.73 Å². The van der Waals surface area contributed by atoms with Gasteiger partial charge in [-0.05, 0) is 13.3 Å². The second-order valence-electron chi connectivity index (χ2n) is 2.39. The number of rotatable bonds is 2. The van der Waals surface area contributed by atoms with E-state index in [1.165, 1.54) is 0 Å². The first-order valence-electron chi connectivity index (χ1n) is 2.77. The van der Waals surface area contributed by atoms with Gasteiger partial charge in [0, 0.05) is 21.1 Å². The molecule has 10 heavy (non-hydrogen) atoms. The van der Waals surface area contributed by atoms with Gasteiger partial charge in [0.15, 0.2) is 4.46 Å². The number of nitrogens with two attached hydrogens (primary N) is 2. The largest absolute Gasteiger partial charge is 0.322 e. The molecule has 0 bridgehead atoms. The average molecular weight is 366 g/mol. The molecule has 0 aromatic carbocycles. The van der Waals surface area contributed by atoms with Crippen molar-refractivity contribution in [1.29, 1.82) is 0 Å². The molecule has 0 aromatic rings. The molecule has 66 valence electrons. The Morgan fingerprint density at radius 2 is 1.60 bits per heavy atom. The van der Waals surface area contributed by atoms with Crippen molar-refractivity contribution >= 4 is 23.2 Å². The number of hydrogen-bond donors (Lipinski definition) is 2. The summed E-state index contributed by atoms with van der Waals surface area (Å²) in [5, 5.41) is 0. The minimum absolute atomic E-state index is 0. The van der Waals surface area contributed by atoms with Crippen LogP contribution in [-0.4, -0.2) is 10.00 Å². The molecule has 5 heteroatoms. The molecule has 0 aliphatic rings. The monoisotopic (exact) mass is 365 g/mol. The minimum Gasteiger partial charge on any atom is -0.322 e. The van der Waals surface area contributed by atoms with E-state index in [1.807, 2.05) is 6.92 Å². The van der Waals surface area contributed by atoms with Crippen molar-refractivity contribution in [2.45, 2.75) is 30.3 Å². The summed E-state index contributed by atoms with van der Waals surface area (Å²) in [4.78, 5) is 0. The zero-order valence-corrected chi connectivity index (χ0v) is 9.72. The van der Waals surface area contributed by atoms with Gasteiger partial charge in [-0.2, -0.15) is 0 Å². The number of hydrogen-bond acceptors (Lipinski definition) is 2. The zero-order chi connectivity index (χ0) is 7.71. The molecule has 0 saturated carbocycles. The first kappa shape index (κ1) is 13.8. The van der Waals surface area contributed by atoms with Crippen LogP contribution in [0.4, 0.5) is 0 Å². The van der Waals surface area contributed by atoms with Crippen LogP contribution in [0.2, 0.25) is 0 Å². The summed E-state index contributed by atoms with van der Waals surface area (Å²) in [6.07, 6.45) is 0.649. The molecule has 4 N–H and O–H groups in total. The Balaban J connectivity index is 0. The molecule has 0 radical (unpaired) electrons.